The van der Waals surface area contributed by atoms with Crippen LogP contribution in [0.25, 0.3) is 0 Å². The van der Waals surface area contributed by atoms with Crippen molar-refractivity contribution in [2.45, 2.75) is 59.1 Å². The Hall–Kier alpha value is -0.810. The van der Waals surface area contributed by atoms with E-state index in [2.05, 4.69) is 24.1 Å². The van der Waals surface area contributed by atoms with Crippen LogP contribution in [0.15, 0.2) is 0 Å². The van der Waals surface area contributed by atoms with Crippen molar-refractivity contribution in [2.24, 2.45) is 5.92 Å². The monoisotopic (exact) mass is 313 g/mol. The van der Waals surface area contributed by atoms with Crippen molar-refractivity contribution in [3.8, 4) is 0 Å². The number of nitrogens with one attached hydrogen (secondary N) is 1. The highest BCUT2D eigenvalue weighted by Crippen LogP contribution is 2.20. The summed E-state index contributed by atoms with van der Waals surface area (Å²) in [5, 5.41) is 3.57. The number of piperidine rings is 1. The van der Waals surface area contributed by atoms with Gasteiger partial charge in [-0.05, 0) is 66.1 Å². The lowest BCUT2D eigenvalue weighted by molar-refractivity contribution is 0.0298. The number of rotatable bonds is 6. The largest absolute Gasteiger partial charge is 0.444 e. The van der Waals surface area contributed by atoms with Crippen LogP contribution in [0.3, 0.4) is 0 Å². The summed E-state index contributed by atoms with van der Waals surface area (Å²) in [6, 6.07) is 0.506. The van der Waals surface area contributed by atoms with E-state index >= 15 is 0 Å². The third-order valence-corrected chi connectivity index (χ3v) is 4.41. The molecule has 1 heterocycles. The van der Waals surface area contributed by atoms with Gasteiger partial charge in [0.1, 0.15) is 5.60 Å². The van der Waals surface area contributed by atoms with E-state index in [-0.39, 0.29) is 6.09 Å². The van der Waals surface area contributed by atoms with E-state index in [0.717, 1.165) is 19.0 Å². The molecule has 1 saturated heterocycles. The maximum atomic E-state index is 11.9. The van der Waals surface area contributed by atoms with Gasteiger partial charge in [-0.1, -0.05) is 6.92 Å². The van der Waals surface area contributed by atoms with Crippen LogP contribution in [-0.2, 0) is 4.74 Å². The standard InChI is InChI=1S/C17H35N3O2/c1-7-20-11-8-15(9-12-20)14(2)18-10-13-19(6)16(21)22-17(3,4)5/h14-15,18H,7-13H2,1-6H3. The van der Waals surface area contributed by atoms with Gasteiger partial charge in [-0.2, -0.15) is 0 Å². The van der Waals surface area contributed by atoms with Crippen molar-refractivity contribution in [1.29, 1.82) is 0 Å². The lowest BCUT2D eigenvalue weighted by Gasteiger charge is -2.34. The van der Waals surface area contributed by atoms with Gasteiger partial charge in [0.2, 0.25) is 0 Å². The van der Waals surface area contributed by atoms with Crippen molar-refractivity contribution in [3.05, 3.63) is 0 Å². The van der Waals surface area contributed by atoms with Crippen LogP contribution in [0.1, 0.15) is 47.5 Å². The number of nitrogens with zero attached hydrogens (tertiary/aromatic N) is 2. The van der Waals surface area contributed by atoms with Crippen molar-refractivity contribution in [2.75, 3.05) is 39.8 Å². The minimum absolute atomic E-state index is 0.252. The molecular formula is C17H35N3O2. The van der Waals surface area contributed by atoms with Gasteiger partial charge < -0.3 is 19.9 Å². The second kappa shape index (κ2) is 8.73. The summed E-state index contributed by atoms with van der Waals surface area (Å²) in [6.45, 7) is 15.2. The average Bonchev–Trinajstić information content (AvgIpc) is 2.45. The van der Waals surface area contributed by atoms with Crippen molar-refractivity contribution >= 4 is 6.09 Å². The molecule has 0 aromatic rings. The van der Waals surface area contributed by atoms with E-state index in [9.17, 15) is 4.79 Å². The van der Waals surface area contributed by atoms with Crippen LogP contribution in [0.2, 0.25) is 0 Å². The molecule has 5 heteroatoms. The summed E-state index contributed by atoms with van der Waals surface area (Å²) >= 11 is 0. The molecule has 1 N–H and O–H groups in total. The molecule has 0 aliphatic carbocycles. The Labute approximate surface area is 136 Å². The minimum atomic E-state index is -0.431. The fourth-order valence-electron chi connectivity index (χ4n) is 2.83. The predicted octanol–water partition coefficient (Wildman–Crippen LogP) is 2.56. The first kappa shape index (κ1) is 19.2. The van der Waals surface area contributed by atoms with E-state index in [4.69, 9.17) is 4.74 Å². The van der Waals surface area contributed by atoms with Crippen molar-refractivity contribution in [3.63, 3.8) is 0 Å². The fraction of sp³-hybridized carbons (Fsp3) is 0.941. The summed E-state index contributed by atoms with van der Waals surface area (Å²) in [5.74, 6) is 0.745. The molecule has 1 unspecified atom stereocenters. The van der Waals surface area contributed by atoms with Gasteiger partial charge in [0, 0.05) is 26.2 Å². The number of hydrogen-bond acceptors (Lipinski definition) is 4. The highest BCUT2D eigenvalue weighted by molar-refractivity contribution is 5.67. The number of hydrogen-bond donors (Lipinski definition) is 1. The number of likely N-dealkylation sites (N-methyl/N-ethyl adjacent to an activating group) is 1. The molecule has 22 heavy (non-hydrogen) atoms. The third-order valence-electron chi connectivity index (χ3n) is 4.41. The molecule has 0 bridgehead atoms. The van der Waals surface area contributed by atoms with Crippen LogP contribution in [0, 0.1) is 5.92 Å². The van der Waals surface area contributed by atoms with Crippen LogP contribution in [0.5, 0.6) is 0 Å². The minimum Gasteiger partial charge on any atom is -0.444 e. The third kappa shape index (κ3) is 6.97. The second-order valence-electron chi connectivity index (χ2n) is 7.42. The summed E-state index contributed by atoms with van der Waals surface area (Å²) in [5.41, 5.74) is -0.431. The smallest absolute Gasteiger partial charge is 0.410 e. The molecule has 1 aliphatic heterocycles. The molecule has 0 saturated carbocycles. The predicted molar refractivity (Wildman–Crippen MR) is 91.2 cm³/mol. The molecule has 1 fully saturated rings. The van der Waals surface area contributed by atoms with Crippen LogP contribution in [-0.4, -0.2) is 67.3 Å². The van der Waals surface area contributed by atoms with Gasteiger partial charge in [-0.15, -0.1) is 0 Å². The highest BCUT2D eigenvalue weighted by Gasteiger charge is 2.23. The molecule has 0 radical (unpaired) electrons. The van der Waals surface area contributed by atoms with Crippen molar-refractivity contribution in [1.82, 2.24) is 15.1 Å². The highest BCUT2D eigenvalue weighted by atomic mass is 16.6. The Morgan fingerprint density at radius 3 is 2.45 bits per heavy atom. The molecule has 0 aromatic heterocycles. The van der Waals surface area contributed by atoms with Crippen LogP contribution in [0.4, 0.5) is 4.79 Å². The number of ether oxygens (including phenoxy) is 1. The van der Waals surface area contributed by atoms with Gasteiger partial charge in [-0.3, -0.25) is 0 Å². The summed E-state index contributed by atoms with van der Waals surface area (Å²) in [7, 11) is 1.79. The molecule has 5 nitrogen and oxygen atoms in total. The molecular weight excluding hydrogens is 278 g/mol. The summed E-state index contributed by atoms with van der Waals surface area (Å²) < 4.78 is 5.35. The first-order valence-corrected chi connectivity index (χ1v) is 8.62. The SMILES string of the molecule is CCN1CCC(C(C)NCCN(C)C(=O)OC(C)(C)C)CC1. The normalized spacial score (nSPS) is 19.0. The maximum absolute atomic E-state index is 11.9. The van der Waals surface area contributed by atoms with E-state index in [1.165, 1.54) is 25.9 Å². The Balaban J connectivity index is 2.22. The number of likely N-dealkylation sites (tertiary alicyclic amines) is 1. The van der Waals surface area contributed by atoms with E-state index in [1.54, 1.807) is 11.9 Å². The molecule has 0 aromatic carbocycles. The summed E-state index contributed by atoms with van der Waals surface area (Å²) in [6.07, 6.45) is 2.28. The second-order valence-corrected chi connectivity index (χ2v) is 7.42. The van der Waals surface area contributed by atoms with Crippen LogP contribution < -0.4 is 5.32 Å². The maximum Gasteiger partial charge on any atom is 0.410 e. The lowest BCUT2D eigenvalue weighted by atomic mass is 9.90. The number of carbonyl (C=O) groups excluding carboxylic acids is 1. The first-order valence-electron chi connectivity index (χ1n) is 8.62. The Morgan fingerprint density at radius 1 is 1.36 bits per heavy atom. The number of carbonyl (C=O) groups is 1. The van der Waals surface area contributed by atoms with Gasteiger partial charge in [0.15, 0.2) is 0 Å². The van der Waals surface area contributed by atoms with E-state index in [0.29, 0.717) is 12.6 Å². The lowest BCUT2D eigenvalue weighted by Crippen LogP contribution is -2.44. The molecule has 1 rings (SSSR count). The van der Waals surface area contributed by atoms with Gasteiger partial charge in [0.05, 0.1) is 0 Å². The summed E-state index contributed by atoms with van der Waals surface area (Å²) in [4.78, 5) is 16.0. The Morgan fingerprint density at radius 2 is 1.95 bits per heavy atom. The quantitative estimate of drug-likeness (QED) is 0.818. The topological polar surface area (TPSA) is 44.8 Å². The number of amides is 1. The Kier molecular flexibility index (Phi) is 7.63. The van der Waals surface area contributed by atoms with Crippen molar-refractivity contribution < 1.29 is 9.53 Å². The molecule has 130 valence electrons. The molecule has 1 aliphatic rings. The van der Waals surface area contributed by atoms with E-state index in [1.807, 2.05) is 20.8 Å². The Bertz CT molecular complexity index is 333. The zero-order valence-corrected chi connectivity index (χ0v) is 15.3. The first-order chi connectivity index (χ1) is 10.2. The fourth-order valence-corrected chi connectivity index (χ4v) is 2.83. The van der Waals surface area contributed by atoms with Gasteiger partial charge >= 0.3 is 6.09 Å². The van der Waals surface area contributed by atoms with Gasteiger partial charge in [0.25, 0.3) is 0 Å². The zero-order chi connectivity index (χ0) is 16.8. The molecule has 0 spiro atoms. The molecule has 1 amide bonds. The average molecular weight is 313 g/mol. The van der Waals surface area contributed by atoms with Gasteiger partial charge in [-0.25, -0.2) is 4.79 Å². The zero-order valence-electron chi connectivity index (χ0n) is 15.3. The van der Waals surface area contributed by atoms with Crippen LogP contribution >= 0.6 is 0 Å². The molecule has 1 atom stereocenters. The van der Waals surface area contributed by atoms with E-state index < -0.39 is 5.60 Å².